The Morgan fingerprint density at radius 2 is 1.80 bits per heavy atom. The van der Waals surface area contributed by atoms with E-state index in [-0.39, 0.29) is 17.4 Å². The third kappa shape index (κ3) is 6.87. The number of likely N-dealkylation sites (tertiary alicyclic amines) is 1. The van der Waals surface area contributed by atoms with Gasteiger partial charge in [0, 0.05) is 44.2 Å². The summed E-state index contributed by atoms with van der Waals surface area (Å²) in [4.78, 5) is 14.2. The molecule has 2 aromatic carbocycles. The maximum absolute atomic E-state index is 14.2. The van der Waals surface area contributed by atoms with Crippen molar-refractivity contribution in [1.82, 2.24) is 9.21 Å². The SMILES string of the molecule is CCCCCS(=O)(=O)N(CCC)CCN1CC(C(=O)O)C(c2ccc3c(c2)OC(c2ccc(OC)c(F)c2)O3)C1. The number of carbonyl (C=O) groups is 1. The van der Waals surface area contributed by atoms with Gasteiger partial charge in [-0.25, -0.2) is 17.1 Å². The van der Waals surface area contributed by atoms with Gasteiger partial charge in [0.2, 0.25) is 10.0 Å². The van der Waals surface area contributed by atoms with Crippen LogP contribution in [0.25, 0.3) is 0 Å². The van der Waals surface area contributed by atoms with Gasteiger partial charge in [-0.2, -0.15) is 0 Å². The average molecular weight is 579 g/mol. The van der Waals surface area contributed by atoms with Crippen LogP contribution in [0.3, 0.4) is 0 Å². The Kier molecular flexibility index (Phi) is 9.91. The highest BCUT2D eigenvalue weighted by Gasteiger charge is 2.40. The summed E-state index contributed by atoms with van der Waals surface area (Å²) >= 11 is 0. The van der Waals surface area contributed by atoms with Crippen LogP contribution in [0.1, 0.15) is 62.9 Å². The van der Waals surface area contributed by atoms with Crippen LogP contribution in [0.4, 0.5) is 4.39 Å². The lowest BCUT2D eigenvalue weighted by atomic mass is 9.89. The topological polar surface area (TPSA) is 106 Å². The van der Waals surface area contributed by atoms with Crippen molar-refractivity contribution in [2.45, 2.75) is 51.7 Å². The third-order valence-corrected chi connectivity index (χ3v) is 9.52. The van der Waals surface area contributed by atoms with Crippen LogP contribution in [0.15, 0.2) is 36.4 Å². The van der Waals surface area contributed by atoms with Crippen molar-refractivity contribution in [3.05, 3.63) is 53.3 Å². The number of aliphatic carboxylic acids is 1. The molecule has 11 heteroatoms. The molecule has 2 heterocycles. The number of nitrogens with zero attached hydrogens (tertiary/aromatic N) is 2. The number of rotatable bonds is 14. The second-order valence-corrected chi connectivity index (χ2v) is 12.5. The molecule has 0 amide bonds. The molecule has 2 aliphatic heterocycles. The number of hydrogen-bond acceptors (Lipinski definition) is 7. The van der Waals surface area contributed by atoms with Crippen molar-refractivity contribution in [2.75, 3.05) is 45.6 Å². The van der Waals surface area contributed by atoms with Gasteiger partial charge in [0.15, 0.2) is 23.1 Å². The molecule has 0 radical (unpaired) electrons. The van der Waals surface area contributed by atoms with E-state index < -0.39 is 34.0 Å². The summed E-state index contributed by atoms with van der Waals surface area (Å²) in [5.74, 6) is -1.14. The summed E-state index contributed by atoms with van der Waals surface area (Å²) < 4.78 is 58.4. The molecule has 2 aromatic rings. The molecular formula is C29H39FN2O7S. The Morgan fingerprint density at radius 1 is 1.05 bits per heavy atom. The molecule has 0 bridgehead atoms. The molecule has 3 unspecified atom stereocenters. The lowest BCUT2D eigenvalue weighted by Gasteiger charge is -2.25. The van der Waals surface area contributed by atoms with Crippen LogP contribution < -0.4 is 14.2 Å². The number of unbranched alkanes of at least 4 members (excludes halogenated alkanes) is 2. The number of methoxy groups -OCH3 is 1. The van der Waals surface area contributed by atoms with Crippen LogP contribution in [0, 0.1) is 11.7 Å². The molecule has 4 rings (SSSR count). The van der Waals surface area contributed by atoms with Crippen LogP contribution in [-0.4, -0.2) is 74.3 Å². The maximum atomic E-state index is 14.2. The number of benzene rings is 2. The molecular weight excluding hydrogens is 539 g/mol. The average Bonchev–Trinajstić information content (AvgIpc) is 3.55. The Balaban J connectivity index is 1.43. The van der Waals surface area contributed by atoms with E-state index in [0.29, 0.717) is 56.2 Å². The Bertz CT molecular complexity index is 1290. The summed E-state index contributed by atoms with van der Waals surface area (Å²) in [6.07, 6.45) is 2.36. The second kappa shape index (κ2) is 13.2. The van der Waals surface area contributed by atoms with Crippen LogP contribution >= 0.6 is 0 Å². The maximum Gasteiger partial charge on any atom is 0.308 e. The molecule has 2 aliphatic rings. The predicted molar refractivity (Wildman–Crippen MR) is 149 cm³/mol. The molecule has 1 saturated heterocycles. The fourth-order valence-corrected chi connectivity index (χ4v) is 7.02. The minimum atomic E-state index is -3.36. The van der Waals surface area contributed by atoms with Crippen molar-refractivity contribution >= 4 is 16.0 Å². The van der Waals surface area contributed by atoms with Gasteiger partial charge in [-0.3, -0.25) is 4.79 Å². The molecule has 0 spiro atoms. The van der Waals surface area contributed by atoms with Gasteiger partial charge in [-0.05, 0) is 48.7 Å². The highest BCUT2D eigenvalue weighted by molar-refractivity contribution is 7.89. The molecule has 40 heavy (non-hydrogen) atoms. The molecule has 1 fully saturated rings. The van der Waals surface area contributed by atoms with Gasteiger partial charge >= 0.3 is 5.97 Å². The van der Waals surface area contributed by atoms with Crippen LogP contribution in [-0.2, 0) is 14.8 Å². The van der Waals surface area contributed by atoms with Gasteiger partial charge in [0.05, 0.1) is 18.8 Å². The predicted octanol–water partition coefficient (Wildman–Crippen LogP) is 4.64. The number of ether oxygens (including phenoxy) is 3. The Morgan fingerprint density at radius 3 is 2.48 bits per heavy atom. The zero-order valence-electron chi connectivity index (χ0n) is 23.3. The van der Waals surface area contributed by atoms with E-state index >= 15 is 0 Å². The lowest BCUT2D eigenvalue weighted by Crippen LogP contribution is -2.40. The van der Waals surface area contributed by atoms with Crippen molar-refractivity contribution in [3.63, 3.8) is 0 Å². The van der Waals surface area contributed by atoms with E-state index in [9.17, 15) is 22.7 Å². The fraction of sp³-hybridized carbons (Fsp3) is 0.552. The Labute approximate surface area is 235 Å². The molecule has 3 atom stereocenters. The van der Waals surface area contributed by atoms with Crippen molar-refractivity contribution in [2.24, 2.45) is 5.92 Å². The Hall–Kier alpha value is -2.89. The smallest absolute Gasteiger partial charge is 0.308 e. The van der Waals surface area contributed by atoms with Crippen molar-refractivity contribution < 1.29 is 36.9 Å². The summed E-state index contributed by atoms with van der Waals surface area (Å²) in [6.45, 7) is 6.06. The highest BCUT2D eigenvalue weighted by atomic mass is 32.2. The standard InChI is InChI=1S/C29H39FN2O7S/c1-4-6-7-15-40(35,36)32(12-5-2)14-13-31-18-22(23(19-31)28(33)34)20-8-11-26-27(17-20)39-29(38-26)21-9-10-25(37-3)24(30)16-21/h8-11,16-17,22-23,29H,4-7,12-15,18-19H2,1-3H3,(H,33,34). The van der Waals surface area contributed by atoms with Crippen LogP contribution in [0.2, 0.25) is 0 Å². The summed E-state index contributed by atoms with van der Waals surface area (Å²) in [6, 6.07) is 9.86. The highest BCUT2D eigenvalue weighted by Crippen LogP contribution is 2.44. The van der Waals surface area contributed by atoms with Crippen LogP contribution in [0.5, 0.6) is 17.2 Å². The fourth-order valence-electron chi connectivity index (χ4n) is 5.38. The largest absolute Gasteiger partial charge is 0.494 e. The van der Waals surface area contributed by atoms with Gasteiger partial charge < -0.3 is 24.2 Å². The monoisotopic (exact) mass is 578 g/mol. The minimum absolute atomic E-state index is 0.124. The molecule has 0 aromatic heterocycles. The molecule has 0 saturated carbocycles. The minimum Gasteiger partial charge on any atom is -0.494 e. The summed E-state index contributed by atoms with van der Waals surface area (Å²) in [5.41, 5.74) is 1.30. The first kappa shape index (κ1) is 30.1. The first-order chi connectivity index (χ1) is 19.2. The van der Waals surface area contributed by atoms with E-state index in [0.717, 1.165) is 24.8 Å². The van der Waals surface area contributed by atoms with Crippen molar-refractivity contribution in [3.8, 4) is 17.2 Å². The van der Waals surface area contributed by atoms with E-state index in [1.54, 1.807) is 22.5 Å². The zero-order chi connectivity index (χ0) is 28.9. The second-order valence-electron chi connectivity index (χ2n) is 10.4. The molecule has 220 valence electrons. The number of carboxylic acids is 1. The number of carboxylic acid groups (broad SMARTS) is 1. The summed E-state index contributed by atoms with van der Waals surface area (Å²) in [5, 5.41) is 9.99. The first-order valence-electron chi connectivity index (χ1n) is 13.9. The molecule has 1 N–H and O–H groups in total. The molecule has 9 nitrogen and oxygen atoms in total. The van der Waals surface area contributed by atoms with E-state index in [1.807, 2.05) is 24.8 Å². The molecule has 0 aliphatic carbocycles. The lowest BCUT2D eigenvalue weighted by molar-refractivity contribution is -0.141. The quantitative estimate of drug-likeness (QED) is 0.324. The van der Waals surface area contributed by atoms with Gasteiger partial charge in [-0.15, -0.1) is 0 Å². The van der Waals surface area contributed by atoms with Gasteiger partial charge in [0.1, 0.15) is 0 Å². The number of halogens is 1. The number of fused-ring (bicyclic) bond motifs is 1. The number of sulfonamides is 1. The van der Waals surface area contributed by atoms with Crippen molar-refractivity contribution in [1.29, 1.82) is 0 Å². The van der Waals surface area contributed by atoms with E-state index in [2.05, 4.69) is 0 Å². The summed E-state index contributed by atoms with van der Waals surface area (Å²) in [7, 11) is -1.96. The third-order valence-electron chi connectivity index (χ3n) is 7.56. The zero-order valence-corrected chi connectivity index (χ0v) is 24.2. The first-order valence-corrected chi connectivity index (χ1v) is 15.5. The normalized spacial score (nSPS) is 20.8. The van der Waals surface area contributed by atoms with Gasteiger partial charge in [-0.1, -0.05) is 32.8 Å². The van der Waals surface area contributed by atoms with E-state index in [4.69, 9.17) is 14.2 Å². The number of hydrogen-bond donors (Lipinski definition) is 1. The van der Waals surface area contributed by atoms with E-state index in [1.165, 1.54) is 19.2 Å². The van der Waals surface area contributed by atoms with Gasteiger partial charge in [0.25, 0.3) is 6.29 Å².